The first kappa shape index (κ1) is 18.9. The Morgan fingerprint density at radius 1 is 1.33 bits per heavy atom. The third kappa shape index (κ3) is 5.58. The SMILES string of the molecule is CC(=O)N(CC(=O)NCCN1CCOCC1)c1ccc(Br)c(C)c1. The van der Waals surface area contributed by atoms with Crippen molar-refractivity contribution >= 4 is 33.4 Å². The van der Waals surface area contributed by atoms with Gasteiger partial charge in [0, 0.05) is 43.3 Å². The van der Waals surface area contributed by atoms with Crippen molar-refractivity contribution in [1.29, 1.82) is 0 Å². The summed E-state index contributed by atoms with van der Waals surface area (Å²) in [4.78, 5) is 27.8. The van der Waals surface area contributed by atoms with Gasteiger partial charge in [0.25, 0.3) is 0 Å². The normalized spacial score (nSPS) is 15.1. The van der Waals surface area contributed by atoms with Crippen molar-refractivity contribution in [1.82, 2.24) is 10.2 Å². The summed E-state index contributed by atoms with van der Waals surface area (Å²) in [6.07, 6.45) is 0. The molecule has 1 aromatic rings. The Morgan fingerprint density at radius 3 is 2.67 bits per heavy atom. The molecule has 1 aromatic carbocycles. The zero-order valence-electron chi connectivity index (χ0n) is 14.2. The van der Waals surface area contributed by atoms with Crippen LogP contribution in [0.5, 0.6) is 0 Å². The van der Waals surface area contributed by atoms with Crippen LogP contribution in [0.3, 0.4) is 0 Å². The molecule has 132 valence electrons. The van der Waals surface area contributed by atoms with Gasteiger partial charge in [0.1, 0.15) is 6.54 Å². The lowest BCUT2D eigenvalue weighted by Gasteiger charge is -2.26. The van der Waals surface area contributed by atoms with Gasteiger partial charge in [-0.05, 0) is 30.7 Å². The Labute approximate surface area is 151 Å². The van der Waals surface area contributed by atoms with Gasteiger partial charge in [-0.3, -0.25) is 14.5 Å². The molecule has 0 saturated carbocycles. The van der Waals surface area contributed by atoms with Crippen molar-refractivity contribution in [3.8, 4) is 0 Å². The minimum absolute atomic E-state index is 0.0273. The lowest BCUT2D eigenvalue weighted by Crippen LogP contribution is -2.44. The molecule has 0 unspecified atom stereocenters. The number of halogens is 1. The zero-order valence-corrected chi connectivity index (χ0v) is 15.8. The summed E-state index contributed by atoms with van der Waals surface area (Å²) in [7, 11) is 0. The summed E-state index contributed by atoms with van der Waals surface area (Å²) in [6.45, 7) is 8.11. The van der Waals surface area contributed by atoms with Crippen molar-refractivity contribution in [3.05, 3.63) is 28.2 Å². The average molecular weight is 398 g/mol. The van der Waals surface area contributed by atoms with Crippen molar-refractivity contribution in [2.24, 2.45) is 0 Å². The number of anilines is 1. The van der Waals surface area contributed by atoms with Gasteiger partial charge in [-0.15, -0.1) is 0 Å². The Kier molecular flexibility index (Phi) is 7.20. The molecule has 1 saturated heterocycles. The Bertz CT molecular complexity index is 588. The van der Waals surface area contributed by atoms with Gasteiger partial charge in [0.05, 0.1) is 13.2 Å². The van der Waals surface area contributed by atoms with Gasteiger partial charge >= 0.3 is 0 Å². The van der Waals surface area contributed by atoms with Gasteiger partial charge in [-0.1, -0.05) is 15.9 Å². The number of hydrogen-bond acceptors (Lipinski definition) is 4. The molecule has 6 nitrogen and oxygen atoms in total. The fourth-order valence-corrected chi connectivity index (χ4v) is 2.81. The number of morpholine rings is 1. The van der Waals surface area contributed by atoms with Crippen LogP contribution in [0.25, 0.3) is 0 Å². The summed E-state index contributed by atoms with van der Waals surface area (Å²) in [5.74, 6) is -0.306. The summed E-state index contributed by atoms with van der Waals surface area (Å²) in [5.41, 5.74) is 1.75. The van der Waals surface area contributed by atoms with Crippen LogP contribution in [0, 0.1) is 6.92 Å². The third-order valence-corrected chi connectivity index (χ3v) is 4.88. The number of amides is 2. The van der Waals surface area contributed by atoms with E-state index >= 15 is 0 Å². The van der Waals surface area contributed by atoms with E-state index in [-0.39, 0.29) is 18.4 Å². The van der Waals surface area contributed by atoms with E-state index in [4.69, 9.17) is 4.74 Å². The predicted octanol–water partition coefficient (Wildman–Crippen LogP) is 1.56. The maximum atomic E-state index is 12.2. The summed E-state index contributed by atoms with van der Waals surface area (Å²) >= 11 is 3.44. The summed E-state index contributed by atoms with van der Waals surface area (Å²) in [5, 5.41) is 2.89. The fraction of sp³-hybridized carbons (Fsp3) is 0.529. The Hall–Kier alpha value is -1.44. The van der Waals surface area contributed by atoms with Gasteiger partial charge in [0.2, 0.25) is 11.8 Å². The van der Waals surface area contributed by atoms with Crippen LogP contribution in [0.1, 0.15) is 12.5 Å². The first-order chi connectivity index (χ1) is 11.5. The molecule has 1 fully saturated rings. The van der Waals surface area contributed by atoms with Gasteiger partial charge < -0.3 is 15.0 Å². The highest BCUT2D eigenvalue weighted by Crippen LogP contribution is 2.23. The fourth-order valence-electron chi connectivity index (χ4n) is 2.56. The van der Waals surface area contributed by atoms with Crippen LogP contribution >= 0.6 is 15.9 Å². The van der Waals surface area contributed by atoms with Crippen LogP contribution in [0.15, 0.2) is 22.7 Å². The van der Waals surface area contributed by atoms with Crippen molar-refractivity contribution < 1.29 is 14.3 Å². The number of benzene rings is 1. The molecule has 0 radical (unpaired) electrons. The van der Waals surface area contributed by atoms with E-state index in [0.29, 0.717) is 6.54 Å². The first-order valence-electron chi connectivity index (χ1n) is 8.08. The van der Waals surface area contributed by atoms with Crippen LogP contribution in [-0.2, 0) is 14.3 Å². The van der Waals surface area contributed by atoms with Crippen LogP contribution < -0.4 is 10.2 Å². The van der Waals surface area contributed by atoms with E-state index in [1.807, 2.05) is 25.1 Å². The molecule has 7 heteroatoms. The van der Waals surface area contributed by atoms with Crippen molar-refractivity contribution in [3.63, 3.8) is 0 Å². The van der Waals surface area contributed by atoms with Crippen molar-refractivity contribution in [2.45, 2.75) is 13.8 Å². The predicted molar refractivity (Wildman–Crippen MR) is 97.2 cm³/mol. The summed E-state index contributed by atoms with van der Waals surface area (Å²) < 4.78 is 6.27. The number of nitrogens with zero attached hydrogens (tertiary/aromatic N) is 2. The maximum Gasteiger partial charge on any atom is 0.240 e. The quantitative estimate of drug-likeness (QED) is 0.790. The van der Waals surface area contributed by atoms with Gasteiger partial charge in [0.15, 0.2) is 0 Å². The molecule has 2 amide bonds. The molecular formula is C17H24BrN3O3. The highest BCUT2D eigenvalue weighted by molar-refractivity contribution is 9.10. The van der Waals surface area contributed by atoms with Gasteiger partial charge in [-0.25, -0.2) is 0 Å². The first-order valence-corrected chi connectivity index (χ1v) is 8.87. The summed E-state index contributed by atoms with van der Waals surface area (Å²) in [6, 6.07) is 5.61. The highest BCUT2D eigenvalue weighted by Gasteiger charge is 2.17. The molecular weight excluding hydrogens is 374 g/mol. The second kappa shape index (κ2) is 9.15. The molecule has 2 rings (SSSR count). The molecule has 24 heavy (non-hydrogen) atoms. The van der Waals surface area contributed by atoms with Gasteiger partial charge in [-0.2, -0.15) is 0 Å². The number of carbonyl (C=O) groups excluding carboxylic acids is 2. The van der Waals surface area contributed by atoms with Crippen LogP contribution in [0.2, 0.25) is 0 Å². The lowest BCUT2D eigenvalue weighted by molar-refractivity contribution is -0.123. The smallest absolute Gasteiger partial charge is 0.240 e. The largest absolute Gasteiger partial charge is 0.379 e. The monoisotopic (exact) mass is 397 g/mol. The second-order valence-electron chi connectivity index (χ2n) is 5.84. The Balaban J connectivity index is 1.86. The van der Waals surface area contributed by atoms with E-state index in [1.165, 1.54) is 11.8 Å². The molecule has 0 aromatic heterocycles. The average Bonchev–Trinajstić information content (AvgIpc) is 2.56. The second-order valence-corrected chi connectivity index (χ2v) is 6.70. The zero-order chi connectivity index (χ0) is 17.5. The third-order valence-electron chi connectivity index (χ3n) is 3.99. The molecule has 1 aliphatic rings. The number of hydrogen-bond donors (Lipinski definition) is 1. The molecule has 1 N–H and O–H groups in total. The van der Waals surface area contributed by atoms with E-state index in [1.54, 1.807) is 0 Å². The minimum atomic E-state index is -0.154. The van der Waals surface area contributed by atoms with Crippen LogP contribution in [-0.4, -0.2) is 62.7 Å². The van der Waals surface area contributed by atoms with E-state index in [2.05, 4.69) is 26.1 Å². The molecule has 1 heterocycles. The van der Waals surface area contributed by atoms with Crippen molar-refractivity contribution in [2.75, 3.05) is 50.8 Å². The van der Waals surface area contributed by atoms with E-state index in [9.17, 15) is 9.59 Å². The topological polar surface area (TPSA) is 61.9 Å². The minimum Gasteiger partial charge on any atom is -0.379 e. The molecule has 0 spiro atoms. The molecule has 0 aliphatic carbocycles. The van der Waals surface area contributed by atoms with E-state index in [0.717, 1.165) is 48.6 Å². The number of aryl methyl sites for hydroxylation is 1. The number of rotatable bonds is 6. The molecule has 0 atom stereocenters. The number of carbonyl (C=O) groups is 2. The number of nitrogens with one attached hydrogen (secondary N) is 1. The lowest BCUT2D eigenvalue weighted by atomic mass is 10.2. The molecule has 0 bridgehead atoms. The van der Waals surface area contributed by atoms with E-state index < -0.39 is 0 Å². The Morgan fingerprint density at radius 2 is 2.04 bits per heavy atom. The standard InChI is InChI=1S/C17H24BrN3O3/c1-13-11-15(3-4-16(13)18)21(14(2)22)12-17(23)19-5-6-20-7-9-24-10-8-20/h3-4,11H,5-10,12H2,1-2H3,(H,19,23). The highest BCUT2D eigenvalue weighted by atomic mass is 79.9. The molecule has 1 aliphatic heterocycles. The maximum absolute atomic E-state index is 12.2. The van der Waals surface area contributed by atoms with Crippen LogP contribution in [0.4, 0.5) is 5.69 Å². The number of ether oxygens (including phenoxy) is 1.